The maximum atomic E-state index is 11.8. The molecular weight excluding hydrogens is 264 g/mol. The van der Waals surface area contributed by atoms with Crippen LogP contribution in [-0.2, 0) is 11.2 Å². The molecule has 2 aromatic rings. The predicted octanol–water partition coefficient (Wildman–Crippen LogP) is 1.40. The fraction of sp³-hybridized carbons (Fsp3) is 0.250. The van der Waals surface area contributed by atoms with Crippen molar-refractivity contribution in [2.24, 2.45) is 0 Å². The van der Waals surface area contributed by atoms with Crippen LogP contribution in [0.5, 0.6) is 0 Å². The molecule has 0 aromatic carbocycles. The molecule has 0 aliphatic rings. The minimum atomic E-state index is -0.145. The van der Waals surface area contributed by atoms with E-state index in [0.717, 1.165) is 5.69 Å². The summed E-state index contributed by atoms with van der Waals surface area (Å²) in [6.45, 7) is 1.97. The van der Waals surface area contributed by atoms with Gasteiger partial charge in [-0.15, -0.1) is 11.3 Å². The molecule has 19 heavy (non-hydrogen) atoms. The Hall–Kier alpha value is -2.15. The number of anilines is 1. The molecule has 0 saturated heterocycles. The van der Waals surface area contributed by atoms with E-state index in [4.69, 9.17) is 0 Å². The summed E-state index contributed by atoms with van der Waals surface area (Å²) in [5.41, 5.74) is 0.977. The van der Waals surface area contributed by atoms with Crippen LogP contribution in [0.3, 0.4) is 0 Å². The van der Waals surface area contributed by atoms with Gasteiger partial charge in [-0.2, -0.15) is 0 Å². The fourth-order valence-electron chi connectivity index (χ4n) is 1.52. The number of thiophene rings is 1. The number of hydrogen-bond acceptors (Lipinski definition) is 4. The van der Waals surface area contributed by atoms with Gasteiger partial charge in [-0.3, -0.25) is 9.59 Å². The van der Waals surface area contributed by atoms with Gasteiger partial charge in [0.05, 0.1) is 16.2 Å². The number of hydrogen-bond donors (Lipinski definition) is 3. The first kappa shape index (κ1) is 13.3. The molecule has 0 radical (unpaired) electrons. The standard InChI is InChI=1S/C12H14N4O2S/c1-8(17)16-11-3-2-10(19-11)12(18)14-5-4-9-6-13-7-15-9/h2-3,6-7H,4-5H2,1H3,(H,13,15)(H,14,18)(H,16,17). The molecule has 0 fully saturated rings. The lowest BCUT2D eigenvalue weighted by molar-refractivity contribution is -0.114. The molecule has 0 aliphatic carbocycles. The van der Waals surface area contributed by atoms with Crippen molar-refractivity contribution in [1.82, 2.24) is 15.3 Å². The predicted molar refractivity (Wildman–Crippen MR) is 73.2 cm³/mol. The summed E-state index contributed by atoms with van der Waals surface area (Å²) in [5, 5.41) is 6.13. The van der Waals surface area contributed by atoms with E-state index in [2.05, 4.69) is 20.6 Å². The first-order chi connectivity index (χ1) is 9.15. The van der Waals surface area contributed by atoms with E-state index in [0.29, 0.717) is 22.8 Å². The smallest absolute Gasteiger partial charge is 0.261 e. The van der Waals surface area contributed by atoms with E-state index in [9.17, 15) is 9.59 Å². The fourth-order valence-corrected chi connectivity index (χ4v) is 2.39. The van der Waals surface area contributed by atoms with Gasteiger partial charge in [0, 0.05) is 31.8 Å². The number of amides is 2. The Bertz CT molecular complexity index is 562. The van der Waals surface area contributed by atoms with E-state index >= 15 is 0 Å². The summed E-state index contributed by atoms with van der Waals surface area (Å²) in [5.74, 6) is -0.283. The molecule has 0 atom stereocenters. The molecule has 7 heteroatoms. The Labute approximate surface area is 114 Å². The summed E-state index contributed by atoms with van der Waals surface area (Å²) in [7, 11) is 0. The van der Waals surface area contributed by atoms with Gasteiger partial charge in [-0.25, -0.2) is 4.98 Å². The van der Waals surface area contributed by atoms with Crippen molar-refractivity contribution in [1.29, 1.82) is 0 Å². The number of carbonyl (C=O) groups excluding carboxylic acids is 2. The Morgan fingerprint density at radius 2 is 2.26 bits per heavy atom. The molecule has 0 spiro atoms. The maximum Gasteiger partial charge on any atom is 0.261 e. The van der Waals surface area contributed by atoms with Crippen LogP contribution in [0.2, 0.25) is 0 Å². The van der Waals surface area contributed by atoms with Crippen LogP contribution in [0.4, 0.5) is 5.00 Å². The van der Waals surface area contributed by atoms with Crippen molar-refractivity contribution in [3.05, 3.63) is 35.2 Å². The Morgan fingerprint density at radius 1 is 1.42 bits per heavy atom. The molecule has 2 heterocycles. The summed E-state index contributed by atoms with van der Waals surface area (Å²) in [6, 6.07) is 3.41. The number of imidazole rings is 1. The lowest BCUT2D eigenvalue weighted by atomic mass is 10.3. The monoisotopic (exact) mass is 278 g/mol. The van der Waals surface area contributed by atoms with Crippen molar-refractivity contribution < 1.29 is 9.59 Å². The van der Waals surface area contributed by atoms with Crippen molar-refractivity contribution in [3.63, 3.8) is 0 Å². The molecule has 0 bridgehead atoms. The van der Waals surface area contributed by atoms with Gasteiger partial charge in [0.1, 0.15) is 0 Å². The van der Waals surface area contributed by atoms with Gasteiger partial charge >= 0.3 is 0 Å². The van der Waals surface area contributed by atoms with E-state index in [1.807, 2.05) is 0 Å². The highest BCUT2D eigenvalue weighted by atomic mass is 32.1. The third-order valence-electron chi connectivity index (χ3n) is 2.36. The van der Waals surface area contributed by atoms with Crippen LogP contribution in [0.15, 0.2) is 24.7 Å². The molecule has 6 nitrogen and oxygen atoms in total. The second kappa shape index (κ2) is 6.14. The van der Waals surface area contributed by atoms with E-state index in [-0.39, 0.29) is 11.8 Å². The molecular formula is C12H14N4O2S. The lowest BCUT2D eigenvalue weighted by Gasteiger charge is -2.01. The van der Waals surface area contributed by atoms with Crippen LogP contribution >= 0.6 is 11.3 Å². The van der Waals surface area contributed by atoms with E-state index in [1.54, 1.807) is 24.7 Å². The molecule has 0 aliphatic heterocycles. The van der Waals surface area contributed by atoms with Gasteiger partial charge in [0.15, 0.2) is 0 Å². The van der Waals surface area contributed by atoms with E-state index in [1.165, 1.54) is 18.3 Å². The third kappa shape index (κ3) is 3.92. The van der Waals surface area contributed by atoms with E-state index < -0.39 is 0 Å². The first-order valence-corrected chi connectivity index (χ1v) is 6.59. The lowest BCUT2D eigenvalue weighted by Crippen LogP contribution is -2.24. The third-order valence-corrected chi connectivity index (χ3v) is 3.36. The number of aromatic amines is 1. The number of H-pyrrole nitrogens is 1. The second-order valence-corrected chi connectivity index (χ2v) is 5.01. The maximum absolute atomic E-state index is 11.8. The Balaban J connectivity index is 1.82. The van der Waals surface area contributed by atoms with Crippen LogP contribution in [0, 0.1) is 0 Å². The molecule has 0 unspecified atom stereocenters. The van der Waals surface area contributed by atoms with Crippen LogP contribution in [-0.4, -0.2) is 28.3 Å². The van der Waals surface area contributed by atoms with Crippen molar-refractivity contribution in [3.8, 4) is 0 Å². The molecule has 3 N–H and O–H groups in total. The summed E-state index contributed by atoms with van der Waals surface area (Å²) in [4.78, 5) is 30.2. The summed E-state index contributed by atoms with van der Waals surface area (Å²) < 4.78 is 0. The second-order valence-electron chi connectivity index (χ2n) is 3.93. The zero-order valence-electron chi connectivity index (χ0n) is 10.4. The Morgan fingerprint density at radius 3 is 2.95 bits per heavy atom. The van der Waals surface area contributed by atoms with Crippen molar-refractivity contribution >= 4 is 28.2 Å². The minimum absolute atomic E-state index is 0.138. The number of aromatic nitrogens is 2. The molecule has 2 aromatic heterocycles. The number of rotatable bonds is 5. The van der Waals surface area contributed by atoms with Gasteiger partial charge in [-0.1, -0.05) is 0 Å². The van der Waals surface area contributed by atoms with Gasteiger partial charge in [0.2, 0.25) is 5.91 Å². The molecule has 2 amide bonds. The number of nitrogens with zero attached hydrogens (tertiary/aromatic N) is 1. The highest BCUT2D eigenvalue weighted by Gasteiger charge is 2.09. The zero-order valence-corrected chi connectivity index (χ0v) is 11.2. The molecule has 100 valence electrons. The van der Waals surface area contributed by atoms with Crippen LogP contribution in [0.1, 0.15) is 22.3 Å². The summed E-state index contributed by atoms with van der Waals surface area (Å²) in [6.07, 6.45) is 4.04. The molecule has 0 saturated carbocycles. The van der Waals surface area contributed by atoms with Gasteiger partial charge < -0.3 is 15.6 Å². The molecule has 2 rings (SSSR count). The van der Waals surface area contributed by atoms with Crippen LogP contribution in [0.25, 0.3) is 0 Å². The topological polar surface area (TPSA) is 86.9 Å². The number of nitrogens with one attached hydrogen (secondary N) is 3. The average Bonchev–Trinajstić information content (AvgIpc) is 2.99. The SMILES string of the molecule is CC(=O)Nc1ccc(C(=O)NCCc2cnc[nH]2)s1. The van der Waals surface area contributed by atoms with Crippen molar-refractivity contribution in [2.45, 2.75) is 13.3 Å². The van der Waals surface area contributed by atoms with Crippen molar-refractivity contribution in [2.75, 3.05) is 11.9 Å². The Kier molecular flexibility index (Phi) is 4.30. The minimum Gasteiger partial charge on any atom is -0.351 e. The average molecular weight is 278 g/mol. The number of carbonyl (C=O) groups is 2. The van der Waals surface area contributed by atoms with Gasteiger partial charge in [-0.05, 0) is 12.1 Å². The normalized spacial score (nSPS) is 10.2. The first-order valence-electron chi connectivity index (χ1n) is 5.78. The highest BCUT2D eigenvalue weighted by Crippen LogP contribution is 2.21. The summed E-state index contributed by atoms with van der Waals surface area (Å²) >= 11 is 1.25. The quantitative estimate of drug-likeness (QED) is 0.772. The van der Waals surface area contributed by atoms with Crippen LogP contribution < -0.4 is 10.6 Å². The van der Waals surface area contributed by atoms with Gasteiger partial charge in [0.25, 0.3) is 5.91 Å². The zero-order chi connectivity index (χ0) is 13.7. The highest BCUT2D eigenvalue weighted by molar-refractivity contribution is 7.18. The largest absolute Gasteiger partial charge is 0.351 e.